The van der Waals surface area contributed by atoms with Gasteiger partial charge in [0.25, 0.3) is 11.8 Å². The van der Waals surface area contributed by atoms with Gasteiger partial charge in [-0.2, -0.15) is 0 Å². The topological polar surface area (TPSA) is 76.7 Å². The number of para-hydroxylation sites is 1. The average Bonchev–Trinajstić information content (AvgIpc) is 2.60. The first-order valence-corrected chi connectivity index (χ1v) is 8.57. The number of hydrazine groups is 1. The van der Waals surface area contributed by atoms with Crippen molar-refractivity contribution < 1.29 is 19.1 Å². The lowest BCUT2D eigenvalue weighted by molar-refractivity contribution is -0.123. The minimum atomic E-state index is -0.527. The van der Waals surface area contributed by atoms with Crippen LogP contribution >= 0.6 is 27.5 Å². The summed E-state index contributed by atoms with van der Waals surface area (Å²) >= 11 is 9.23. The molecule has 0 spiro atoms. The molecule has 0 radical (unpaired) electrons. The van der Waals surface area contributed by atoms with E-state index in [1.165, 1.54) is 0 Å². The Hall–Kier alpha value is -2.25. The largest absolute Gasteiger partial charge is 0.493 e. The predicted octanol–water partition coefficient (Wildman–Crippen LogP) is 3.34. The van der Waals surface area contributed by atoms with Crippen molar-refractivity contribution in [1.29, 1.82) is 0 Å². The summed E-state index contributed by atoms with van der Waals surface area (Å²) in [5.74, 6) is -0.224. The number of carbonyl (C=O) groups is 2. The van der Waals surface area contributed by atoms with Gasteiger partial charge in [0.15, 0.2) is 6.61 Å². The molecule has 0 aromatic heterocycles. The number of carbonyl (C=O) groups excluding carboxylic acids is 2. The maximum Gasteiger partial charge on any atom is 0.276 e. The molecule has 0 atom stereocenters. The van der Waals surface area contributed by atoms with Crippen molar-refractivity contribution in [2.24, 2.45) is 0 Å². The van der Waals surface area contributed by atoms with Gasteiger partial charge >= 0.3 is 0 Å². The molecule has 2 aromatic carbocycles. The lowest BCUT2D eigenvalue weighted by atomic mass is 10.2. The van der Waals surface area contributed by atoms with E-state index < -0.39 is 11.8 Å². The quantitative estimate of drug-likeness (QED) is 0.693. The van der Waals surface area contributed by atoms with Crippen molar-refractivity contribution in [1.82, 2.24) is 10.9 Å². The van der Waals surface area contributed by atoms with Crippen LogP contribution in [0.3, 0.4) is 0 Å². The van der Waals surface area contributed by atoms with Gasteiger partial charge in [0, 0.05) is 4.47 Å². The third kappa shape index (κ3) is 5.65. The molecule has 25 heavy (non-hydrogen) atoms. The van der Waals surface area contributed by atoms with Crippen molar-refractivity contribution in [2.45, 2.75) is 6.92 Å². The van der Waals surface area contributed by atoms with Crippen LogP contribution in [0.2, 0.25) is 5.02 Å². The van der Waals surface area contributed by atoms with Gasteiger partial charge < -0.3 is 9.47 Å². The van der Waals surface area contributed by atoms with Crippen molar-refractivity contribution >= 4 is 39.3 Å². The fourth-order valence-electron chi connectivity index (χ4n) is 1.90. The Morgan fingerprint density at radius 1 is 1.08 bits per heavy atom. The minimum absolute atomic E-state index is 0.291. The Morgan fingerprint density at radius 2 is 1.84 bits per heavy atom. The maximum atomic E-state index is 12.2. The van der Waals surface area contributed by atoms with Crippen LogP contribution in [-0.2, 0) is 4.79 Å². The first-order valence-electron chi connectivity index (χ1n) is 7.40. The summed E-state index contributed by atoms with van der Waals surface area (Å²) in [6, 6.07) is 11.8. The summed E-state index contributed by atoms with van der Waals surface area (Å²) in [4.78, 5) is 24.0. The standard InChI is InChI=1S/C17H16BrClN2O4/c1-2-24-14-8-7-11(18)9-12(14)17(23)21-20-16(22)10-25-15-6-4-3-5-13(15)19/h3-9H,2,10H2,1H3,(H,20,22)(H,21,23). The number of rotatable bonds is 6. The second-order valence-electron chi connectivity index (χ2n) is 4.79. The predicted molar refractivity (Wildman–Crippen MR) is 97.9 cm³/mol. The summed E-state index contributed by atoms with van der Waals surface area (Å²) in [5, 5.41) is 0.398. The number of hydrogen-bond acceptors (Lipinski definition) is 4. The number of amides is 2. The first kappa shape index (κ1) is 19.1. The lowest BCUT2D eigenvalue weighted by Gasteiger charge is -2.12. The summed E-state index contributed by atoms with van der Waals surface area (Å²) in [6.45, 7) is 1.94. The second-order valence-corrected chi connectivity index (χ2v) is 6.12. The van der Waals surface area contributed by atoms with E-state index >= 15 is 0 Å². The van der Waals surface area contributed by atoms with Gasteiger partial charge in [-0.15, -0.1) is 0 Å². The average molecular weight is 428 g/mol. The molecule has 0 bridgehead atoms. The Bertz CT molecular complexity index is 770. The molecule has 6 nitrogen and oxygen atoms in total. The highest BCUT2D eigenvalue weighted by Crippen LogP contribution is 2.24. The molecular weight excluding hydrogens is 412 g/mol. The Morgan fingerprint density at radius 3 is 2.56 bits per heavy atom. The van der Waals surface area contributed by atoms with E-state index in [1.54, 1.807) is 42.5 Å². The molecular formula is C17H16BrClN2O4. The number of halogens is 2. The van der Waals surface area contributed by atoms with Gasteiger partial charge in [0.2, 0.25) is 0 Å². The molecule has 2 amide bonds. The van der Waals surface area contributed by atoms with Gasteiger partial charge in [-0.25, -0.2) is 0 Å². The van der Waals surface area contributed by atoms with Crippen molar-refractivity contribution in [3.8, 4) is 11.5 Å². The molecule has 2 N–H and O–H groups in total. The zero-order valence-corrected chi connectivity index (χ0v) is 15.7. The fraction of sp³-hybridized carbons (Fsp3) is 0.176. The summed E-state index contributed by atoms with van der Waals surface area (Å²) in [7, 11) is 0. The number of benzene rings is 2. The van der Waals surface area contributed by atoms with Crippen LogP contribution in [0.15, 0.2) is 46.9 Å². The number of hydrogen-bond donors (Lipinski definition) is 2. The zero-order chi connectivity index (χ0) is 18.2. The molecule has 0 aliphatic rings. The third-order valence-corrected chi connectivity index (χ3v) is 3.80. The van der Waals surface area contributed by atoms with E-state index in [0.717, 1.165) is 4.47 Å². The van der Waals surface area contributed by atoms with E-state index in [1.807, 2.05) is 6.92 Å². The summed E-state index contributed by atoms with van der Waals surface area (Å²) in [5.41, 5.74) is 4.90. The van der Waals surface area contributed by atoms with Crippen LogP contribution < -0.4 is 20.3 Å². The molecule has 2 rings (SSSR count). The summed E-state index contributed by atoms with van der Waals surface area (Å²) < 4.78 is 11.4. The van der Waals surface area contributed by atoms with Crippen LogP contribution in [0.25, 0.3) is 0 Å². The van der Waals surface area contributed by atoms with E-state index in [-0.39, 0.29) is 6.61 Å². The highest BCUT2D eigenvalue weighted by molar-refractivity contribution is 9.10. The van der Waals surface area contributed by atoms with Crippen LogP contribution in [-0.4, -0.2) is 25.0 Å². The SMILES string of the molecule is CCOc1ccc(Br)cc1C(=O)NNC(=O)COc1ccccc1Cl. The lowest BCUT2D eigenvalue weighted by Crippen LogP contribution is -2.44. The Balaban J connectivity index is 1.90. The second kappa shape index (κ2) is 9.29. The van der Waals surface area contributed by atoms with Gasteiger partial charge in [-0.1, -0.05) is 39.7 Å². The molecule has 0 aliphatic heterocycles. The van der Waals surface area contributed by atoms with E-state index in [2.05, 4.69) is 26.8 Å². The summed E-state index contributed by atoms with van der Waals surface area (Å²) in [6.07, 6.45) is 0. The van der Waals surface area contributed by atoms with Crippen LogP contribution in [0.1, 0.15) is 17.3 Å². The first-order chi connectivity index (χ1) is 12.0. The minimum Gasteiger partial charge on any atom is -0.493 e. The van der Waals surface area contributed by atoms with Crippen LogP contribution in [0, 0.1) is 0 Å². The molecule has 132 valence electrons. The van der Waals surface area contributed by atoms with Crippen LogP contribution in [0.4, 0.5) is 0 Å². The number of ether oxygens (including phenoxy) is 2. The Labute approximate surface area is 158 Å². The third-order valence-electron chi connectivity index (χ3n) is 3.00. The van der Waals surface area contributed by atoms with Crippen LogP contribution in [0.5, 0.6) is 11.5 Å². The molecule has 0 heterocycles. The van der Waals surface area contributed by atoms with E-state index in [0.29, 0.717) is 28.7 Å². The molecule has 0 saturated carbocycles. The van der Waals surface area contributed by atoms with Crippen molar-refractivity contribution in [3.63, 3.8) is 0 Å². The van der Waals surface area contributed by atoms with E-state index in [4.69, 9.17) is 21.1 Å². The normalized spacial score (nSPS) is 10.0. The maximum absolute atomic E-state index is 12.2. The highest BCUT2D eigenvalue weighted by atomic mass is 79.9. The molecule has 0 aliphatic carbocycles. The number of nitrogens with one attached hydrogen (secondary N) is 2. The van der Waals surface area contributed by atoms with Gasteiger partial charge in [0.05, 0.1) is 17.2 Å². The smallest absolute Gasteiger partial charge is 0.276 e. The van der Waals surface area contributed by atoms with Crippen molar-refractivity contribution in [3.05, 3.63) is 57.5 Å². The molecule has 2 aromatic rings. The highest BCUT2D eigenvalue weighted by Gasteiger charge is 2.14. The van der Waals surface area contributed by atoms with Gasteiger partial charge in [-0.05, 0) is 37.3 Å². The molecule has 0 unspecified atom stereocenters. The molecule has 8 heteroatoms. The molecule has 0 fully saturated rings. The van der Waals surface area contributed by atoms with Crippen molar-refractivity contribution in [2.75, 3.05) is 13.2 Å². The Kier molecular flexibility index (Phi) is 7.09. The fourth-order valence-corrected chi connectivity index (χ4v) is 2.45. The van der Waals surface area contributed by atoms with E-state index in [9.17, 15) is 9.59 Å². The van der Waals surface area contributed by atoms with Gasteiger partial charge in [0.1, 0.15) is 11.5 Å². The molecule has 0 saturated heterocycles. The monoisotopic (exact) mass is 426 g/mol. The van der Waals surface area contributed by atoms with Gasteiger partial charge in [-0.3, -0.25) is 20.4 Å². The zero-order valence-electron chi connectivity index (χ0n) is 13.3.